The molecule has 0 aliphatic heterocycles. The third kappa shape index (κ3) is 15.4. The lowest BCUT2D eigenvalue weighted by molar-refractivity contribution is -0.157. The smallest absolute Gasteiger partial charge is 0.444 e. The molecule has 0 saturated heterocycles. The number of rotatable bonds is 8. The molecule has 0 spiro atoms. The molecule has 3 rings (SSSR count). The molecule has 17 heteroatoms. The summed E-state index contributed by atoms with van der Waals surface area (Å²) in [5.74, 6) is -2.30. The summed E-state index contributed by atoms with van der Waals surface area (Å²) in [6.45, 7) is 10.0. The zero-order chi connectivity index (χ0) is 35.6. The molecule has 0 aliphatic rings. The van der Waals surface area contributed by atoms with Crippen LogP contribution in [0.5, 0.6) is 0 Å². The van der Waals surface area contributed by atoms with Crippen molar-refractivity contribution in [3.63, 3.8) is 0 Å². The number of amides is 2. The van der Waals surface area contributed by atoms with E-state index in [4.69, 9.17) is 9.47 Å². The fraction of sp³-hybridized carbons (Fsp3) is 0.433. The topological polar surface area (TPSA) is 145 Å². The highest BCUT2D eigenvalue weighted by Crippen LogP contribution is 2.30. The number of ether oxygens (including phenoxy) is 2. The summed E-state index contributed by atoms with van der Waals surface area (Å²) in [6.07, 6.45) is -10.4. The molecule has 2 amide bonds. The van der Waals surface area contributed by atoms with Gasteiger partial charge in [-0.25, -0.2) is 14.9 Å². The Bertz CT molecular complexity index is 1480. The van der Waals surface area contributed by atoms with Crippen LogP contribution in [0.15, 0.2) is 52.9 Å². The number of alkyl carbamates (subject to hydrolysis) is 2. The van der Waals surface area contributed by atoms with Crippen LogP contribution in [0.4, 0.5) is 35.9 Å². The van der Waals surface area contributed by atoms with E-state index in [2.05, 4.69) is 25.2 Å². The lowest BCUT2D eigenvalue weighted by Gasteiger charge is -2.19. The molecule has 2 aromatic carbocycles. The van der Waals surface area contributed by atoms with Gasteiger partial charge in [0.2, 0.25) is 5.89 Å². The number of carbonyl (C=O) groups is 3. The molecule has 1 aromatic heterocycles. The normalized spacial score (nSPS) is 12.0. The first-order valence-electron chi connectivity index (χ1n) is 13.9. The average molecular weight is 676 g/mol. The number of alkyl halides is 6. The fourth-order valence-electron chi connectivity index (χ4n) is 3.29. The Morgan fingerprint density at radius 1 is 0.702 bits per heavy atom. The second kappa shape index (κ2) is 15.8. The number of Topliss-reactive ketones (excluding diaryl/α,β-unsaturated/α-hetero) is 1. The number of hydrogen-bond acceptors (Lipinski definition) is 9. The molecule has 47 heavy (non-hydrogen) atoms. The molecule has 0 saturated carbocycles. The molecule has 3 N–H and O–H groups in total. The van der Waals surface area contributed by atoms with E-state index in [0.29, 0.717) is 11.1 Å². The predicted octanol–water partition coefficient (Wildman–Crippen LogP) is 6.78. The van der Waals surface area contributed by atoms with Gasteiger partial charge >= 0.3 is 30.6 Å². The lowest BCUT2D eigenvalue weighted by Crippen LogP contribution is -2.35. The molecule has 0 radical (unpaired) electrons. The van der Waals surface area contributed by atoms with E-state index in [1.807, 2.05) is 0 Å². The molecule has 0 unspecified atom stereocenters. The van der Waals surface area contributed by atoms with Crippen molar-refractivity contribution in [1.29, 1.82) is 0 Å². The summed E-state index contributed by atoms with van der Waals surface area (Å²) in [5, 5.41) is 12.6. The van der Waals surface area contributed by atoms with Crippen LogP contribution in [-0.2, 0) is 28.7 Å². The van der Waals surface area contributed by atoms with Gasteiger partial charge < -0.3 is 24.5 Å². The molecular formula is C30H35F6N5O6. The highest BCUT2D eigenvalue weighted by molar-refractivity contribution is 5.97. The Kier molecular flexibility index (Phi) is 12.9. The highest BCUT2D eigenvalue weighted by Gasteiger charge is 2.38. The number of hydrogen-bond donors (Lipinski definition) is 3. The van der Waals surface area contributed by atoms with Crippen molar-refractivity contribution in [2.75, 3.05) is 6.54 Å². The zero-order valence-electron chi connectivity index (χ0n) is 26.4. The number of nitrogens with one attached hydrogen (secondary N) is 3. The van der Waals surface area contributed by atoms with Crippen LogP contribution < -0.4 is 16.0 Å². The number of nitrogens with zero attached hydrogens (tertiary/aromatic N) is 2. The number of aromatic nitrogens is 2. The molecule has 11 nitrogen and oxygen atoms in total. The lowest BCUT2D eigenvalue weighted by atomic mass is 10.1. The van der Waals surface area contributed by atoms with Crippen molar-refractivity contribution in [3.05, 3.63) is 71.1 Å². The SMILES string of the molecule is CC(C)(C)OC(=O)NCc1ccc(-c2nnc(C(F)(F)F)o2)cc1.CC(C)(C)OC(=O)NCc1ccc(C(=O)CNC(F)(F)F)cc1. The Hall–Kier alpha value is -4.67. The standard InChI is InChI=1S/C15H16F3N3O3.C15H19F3N2O3/c1-14(2,3)24-13(22)19-8-9-4-6-10(7-5-9)11-20-21-12(23-11)15(16,17)18;1-14(2,3)23-13(22)19-8-10-4-6-11(7-5-10)12(21)9-20-15(16,17)18/h4-7H,8H2,1-3H3,(H,19,22);4-7,20H,8-9H2,1-3H3,(H,19,22). The van der Waals surface area contributed by atoms with Crippen LogP contribution >= 0.6 is 0 Å². The molecule has 258 valence electrons. The molecule has 0 aliphatic carbocycles. The van der Waals surface area contributed by atoms with Gasteiger partial charge in [-0.15, -0.1) is 10.2 Å². The molecule has 3 aromatic rings. The Labute approximate surface area is 266 Å². The Morgan fingerprint density at radius 3 is 1.53 bits per heavy atom. The molecule has 0 fully saturated rings. The third-order valence-electron chi connectivity index (χ3n) is 5.27. The molecule has 1 heterocycles. The first-order valence-corrected chi connectivity index (χ1v) is 13.9. The van der Waals surface area contributed by atoms with Gasteiger partial charge in [-0.2, -0.15) is 26.3 Å². The maximum atomic E-state index is 12.4. The summed E-state index contributed by atoms with van der Waals surface area (Å²) in [4.78, 5) is 34.6. The minimum Gasteiger partial charge on any atom is -0.444 e. The summed E-state index contributed by atoms with van der Waals surface area (Å²) < 4.78 is 88.0. The van der Waals surface area contributed by atoms with Gasteiger partial charge in [-0.05, 0) is 64.8 Å². The highest BCUT2D eigenvalue weighted by atomic mass is 19.4. The van der Waals surface area contributed by atoms with Crippen LogP contribution in [0.3, 0.4) is 0 Å². The number of ketones is 1. The Balaban J connectivity index is 0.000000327. The third-order valence-corrected chi connectivity index (χ3v) is 5.27. The number of benzene rings is 2. The second-order valence-corrected chi connectivity index (χ2v) is 11.8. The monoisotopic (exact) mass is 675 g/mol. The number of carbonyl (C=O) groups excluding carboxylic acids is 3. The van der Waals surface area contributed by atoms with Crippen LogP contribution in [0.25, 0.3) is 11.5 Å². The van der Waals surface area contributed by atoms with Crippen LogP contribution in [0.1, 0.15) is 68.9 Å². The van der Waals surface area contributed by atoms with Crippen molar-refractivity contribution in [3.8, 4) is 11.5 Å². The maximum Gasteiger partial charge on any atom is 0.470 e. The zero-order valence-corrected chi connectivity index (χ0v) is 26.4. The van der Waals surface area contributed by atoms with Gasteiger partial charge in [-0.3, -0.25) is 4.79 Å². The summed E-state index contributed by atoms with van der Waals surface area (Å²) in [5.41, 5.74) is 0.728. The van der Waals surface area contributed by atoms with Gasteiger partial charge in [0, 0.05) is 24.2 Å². The summed E-state index contributed by atoms with van der Waals surface area (Å²) >= 11 is 0. The van der Waals surface area contributed by atoms with Crippen molar-refractivity contribution in [1.82, 2.24) is 26.1 Å². The van der Waals surface area contributed by atoms with Crippen LogP contribution in [0, 0.1) is 0 Å². The minimum atomic E-state index is -4.68. The predicted molar refractivity (Wildman–Crippen MR) is 156 cm³/mol. The van der Waals surface area contributed by atoms with Crippen molar-refractivity contribution < 1.29 is 54.6 Å². The largest absolute Gasteiger partial charge is 0.470 e. The molecular weight excluding hydrogens is 640 g/mol. The first kappa shape index (κ1) is 38.5. The van der Waals surface area contributed by atoms with E-state index in [9.17, 15) is 40.7 Å². The Morgan fingerprint density at radius 2 is 1.15 bits per heavy atom. The first-order chi connectivity index (χ1) is 21.5. The van der Waals surface area contributed by atoms with Gasteiger partial charge in [0.05, 0.1) is 6.54 Å². The van der Waals surface area contributed by atoms with E-state index in [1.54, 1.807) is 65.8 Å². The van der Waals surface area contributed by atoms with Crippen molar-refractivity contribution >= 4 is 18.0 Å². The molecule has 0 bridgehead atoms. The quantitative estimate of drug-likeness (QED) is 0.134. The maximum absolute atomic E-state index is 12.4. The van der Waals surface area contributed by atoms with Gasteiger partial charge in [0.1, 0.15) is 11.2 Å². The minimum absolute atomic E-state index is 0.155. The fourth-order valence-corrected chi connectivity index (χ4v) is 3.29. The molecule has 0 atom stereocenters. The van der Waals surface area contributed by atoms with Crippen LogP contribution in [-0.4, -0.2) is 52.2 Å². The van der Waals surface area contributed by atoms with E-state index < -0.39 is 54.1 Å². The average Bonchev–Trinajstić information content (AvgIpc) is 3.44. The van der Waals surface area contributed by atoms with Gasteiger partial charge in [0.25, 0.3) is 0 Å². The van der Waals surface area contributed by atoms with Gasteiger partial charge in [0.15, 0.2) is 5.78 Å². The van der Waals surface area contributed by atoms with E-state index in [0.717, 1.165) is 5.56 Å². The number of halogens is 6. The van der Waals surface area contributed by atoms with Gasteiger partial charge in [-0.1, -0.05) is 36.4 Å². The second-order valence-electron chi connectivity index (χ2n) is 11.8. The van der Waals surface area contributed by atoms with E-state index >= 15 is 0 Å². The van der Waals surface area contributed by atoms with E-state index in [1.165, 1.54) is 29.6 Å². The van der Waals surface area contributed by atoms with Crippen molar-refractivity contribution in [2.45, 2.75) is 78.3 Å². The summed E-state index contributed by atoms with van der Waals surface area (Å²) in [7, 11) is 0. The van der Waals surface area contributed by atoms with Crippen LogP contribution in [0.2, 0.25) is 0 Å². The van der Waals surface area contributed by atoms with Crippen molar-refractivity contribution in [2.24, 2.45) is 0 Å². The summed E-state index contributed by atoms with van der Waals surface area (Å²) in [6, 6.07) is 12.2. The van der Waals surface area contributed by atoms with E-state index in [-0.39, 0.29) is 24.5 Å².